The summed E-state index contributed by atoms with van der Waals surface area (Å²) in [7, 11) is 0. The normalized spacial score (nSPS) is 18.5. The molecule has 0 spiro atoms. The van der Waals surface area contributed by atoms with Gasteiger partial charge in [-0.2, -0.15) is 9.98 Å². The summed E-state index contributed by atoms with van der Waals surface area (Å²) in [4.78, 5) is 29.4. The van der Waals surface area contributed by atoms with E-state index in [-0.39, 0.29) is 12.1 Å². The number of rotatable bonds is 9. The molecule has 6 heteroatoms. The Balaban J connectivity index is 2.29. The molecule has 2 aromatic carbocycles. The van der Waals surface area contributed by atoms with Crippen molar-refractivity contribution in [1.29, 1.82) is 5.41 Å². The Bertz CT molecular complexity index is 1080. The third-order valence-electron chi connectivity index (χ3n) is 6.95. The fourth-order valence-electron chi connectivity index (χ4n) is 5.26. The van der Waals surface area contributed by atoms with Crippen LogP contribution < -0.4 is 5.73 Å². The van der Waals surface area contributed by atoms with Crippen molar-refractivity contribution in [3.05, 3.63) is 69.8 Å². The Morgan fingerprint density at radius 3 is 1.79 bits per heavy atom. The molecule has 34 heavy (non-hydrogen) atoms. The van der Waals surface area contributed by atoms with Gasteiger partial charge in [-0.25, -0.2) is 9.59 Å². The zero-order valence-electron chi connectivity index (χ0n) is 20.5. The maximum absolute atomic E-state index is 10.8. The maximum Gasteiger partial charge on any atom is 0.235 e. The Hall–Kier alpha value is -3.17. The Labute approximate surface area is 201 Å². The fraction of sp³-hybridized carbons (Fsp3) is 0.464. The van der Waals surface area contributed by atoms with E-state index in [1.54, 1.807) is 12.2 Å². The van der Waals surface area contributed by atoms with Gasteiger partial charge >= 0.3 is 0 Å². The third-order valence-corrected chi connectivity index (χ3v) is 6.95. The minimum Gasteiger partial charge on any atom is -0.330 e. The van der Waals surface area contributed by atoms with Gasteiger partial charge in [-0.3, -0.25) is 0 Å². The van der Waals surface area contributed by atoms with Crippen LogP contribution in [0.1, 0.15) is 86.0 Å². The summed E-state index contributed by atoms with van der Waals surface area (Å²) in [6, 6.07) is 11.9. The van der Waals surface area contributed by atoms with Crippen LogP contribution in [0.3, 0.4) is 0 Å². The van der Waals surface area contributed by atoms with Gasteiger partial charge in [0.25, 0.3) is 0 Å². The topological polar surface area (TPSA) is 109 Å². The lowest BCUT2D eigenvalue weighted by atomic mass is 9.65. The van der Waals surface area contributed by atoms with Crippen molar-refractivity contribution < 1.29 is 9.59 Å². The van der Waals surface area contributed by atoms with Crippen LogP contribution in [0.4, 0.5) is 0 Å². The number of carbonyl (C=O) groups excluding carboxylic acids is 2. The second-order valence-corrected chi connectivity index (χ2v) is 9.65. The molecule has 0 saturated carbocycles. The molecular formula is C28H34N4O2. The SMILES string of the molecule is CC(C)CC(=N)C1(CCN)c2ccc(C(C)N=C=O)cc2CCc2cc(C(C)N=C=O)ccc21. The molecule has 0 aliphatic heterocycles. The second-order valence-electron chi connectivity index (χ2n) is 9.65. The number of isocyanates is 2. The largest absolute Gasteiger partial charge is 0.330 e. The Morgan fingerprint density at radius 2 is 1.41 bits per heavy atom. The highest BCUT2D eigenvalue weighted by atomic mass is 16.1. The number of nitrogens with one attached hydrogen (secondary N) is 1. The predicted octanol–water partition coefficient (Wildman–Crippen LogP) is 5.28. The first kappa shape index (κ1) is 25.5. The van der Waals surface area contributed by atoms with E-state index in [0.29, 0.717) is 31.0 Å². The summed E-state index contributed by atoms with van der Waals surface area (Å²) in [6.07, 6.45) is 6.21. The number of nitrogens with two attached hydrogens (primary N) is 1. The second kappa shape index (κ2) is 10.8. The lowest BCUT2D eigenvalue weighted by Gasteiger charge is -2.38. The lowest BCUT2D eigenvalue weighted by molar-refractivity contribution is 0.558. The molecular weight excluding hydrogens is 424 g/mol. The molecule has 178 valence electrons. The number of hydrogen-bond donors (Lipinski definition) is 2. The van der Waals surface area contributed by atoms with Crippen molar-refractivity contribution in [2.75, 3.05) is 6.54 Å². The average molecular weight is 459 g/mol. The summed E-state index contributed by atoms with van der Waals surface area (Å²) in [5, 5.41) is 9.34. The molecule has 0 saturated heterocycles. The van der Waals surface area contributed by atoms with E-state index in [4.69, 9.17) is 5.73 Å². The zero-order valence-corrected chi connectivity index (χ0v) is 20.5. The molecule has 0 amide bonds. The van der Waals surface area contributed by atoms with Gasteiger partial charge in [0.2, 0.25) is 12.2 Å². The third kappa shape index (κ3) is 4.85. The first-order valence-corrected chi connectivity index (χ1v) is 12.0. The molecule has 3 N–H and O–H groups in total. The van der Waals surface area contributed by atoms with E-state index in [9.17, 15) is 15.0 Å². The van der Waals surface area contributed by atoms with Gasteiger partial charge in [-0.05, 0) is 85.4 Å². The van der Waals surface area contributed by atoms with Gasteiger partial charge < -0.3 is 11.1 Å². The number of aryl methyl sites for hydroxylation is 2. The highest BCUT2D eigenvalue weighted by molar-refractivity contribution is 5.97. The summed E-state index contributed by atoms with van der Waals surface area (Å²) >= 11 is 0. The average Bonchev–Trinajstić information content (AvgIpc) is 2.94. The van der Waals surface area contributed by atoms with Crippen LogP contribution in [0.25, 0.3) is 0 Å². The highest BCUT2D eigenvalue weighted by Gasteiger charge is 2.42. The summed E-state index contributed by atoms with van der Waals surface area (Å²) in [5.41, 5.74) is 12.7. The predicted molar refractivity (Wildman–Crippen MR) is 135 cm³/mol. The smallest absolute Gasteiger partial charge is 0.235 e. The van der Waals surface area contributed by atoms with Gasteiger partial charge in [0.15, 0.2) is 0 Å². The highest BCUT2D eigenvalue weighted by Crippen LogP contribution is 2.45. The molecule has 1 aliphatic carbocycles. The molecule has 1 aliphatic rings. The molecule has 0 heterocycles. The van der Waals surface area contributed by atoms with Gasteiger partial charge in [0.05, 0.1) is 17.5 Å². The van der Waals surface area contributed by atoms with Crippen molar-refractivity contribution in [3.63, 3.8) is 0 Å². The van der Waals surface area contributed by atoms with E-state index in [0.717, 1.165) is 46.2 Å². The summed E-state index contributed by atoms with van der Waals surface area (Å²) in [6.45, 7) is 8.47. The van der Waals surface area contributed by atoms with Crippen LogP contribution >= 0.6 is 0 Å². The van der Waals surface area contributed by atoms with Crippen LogP contribution in [0.15, 0.2) is 46.4 Å². The minimum atomic E-state index is -0.633. The van der Waals surface area contributed by atoms with Crippen LogP contribution in [-0.2, 0) is 27.8 Å². The minimum absolute atomic E-state index is 0.277. The number of aliphatic imine (C=N–C) groups is 2. The van der Waals surface area contributed by atoms with Crippen LogP contribution in [0.2, 0.25) is 0 Å². The molecule has 2 unspecified atom stereocenters. The van der Waals surface area contributed by atoms with E-state index in [1.165, 1.54) is 0 Å². The maximum atomic E-state index is 10.8. The number of hydrogen-bond acceptors (Lipinski definition) is 6. The van der Waals surface area contributed by atoms with Crippen molar-refractivity contribution in [2.24, 2.45) is 21.6 Å². The first-order valence-electron chi connectivity index (χ1n) is 12.0. The quantitative estimate of drug-likeness (QED) is 0.394. The molecule has 0 aromatic heterocycles. The van der Waals surface area contributed by atoms with Gasteiger partial charge in [-0.15, -0.1) is 0 Å². The standard InChI is InChI=1S/C28H34N4O2/c1-18(2)13-27(30)28(11-12-29)25-9-7-21(19(3)31-16-33)14-23(25)5-6-24-15-22(8-10-26(24)28)20(4)32-17-34/h7-10,14-15,18-20,30H,5-6,11-13,29H2,1-4H3. The Morgan fingerprint density at radius 1 is 0.941 bits per heavy atom. The molecule has 0 bridgehead atoms. The molecule has 6 nitrogen and oxygen atoms in total. The van der Waals surface area contributed by atoms with Crippen LogP contribution in [0, 0.1) is 11.3 Å². The van der Waals surface area contributed by atoms with Crippen LogP contribution in [0.5, 0.6) is 0 Å². The number of benzene rings is 2. The number of fused-ring (bicyclic) bond motifs is 2. The molecule has 2 aromatic rings. The van der Waals surface area contributed by atoms with Gasteiger partial charge in [0, 0.05) is 5.71 Å². The van der Waals surface area contributed by atoms with Gasteiger partial charge in [-0.1, -0.05) is 50.2 Å². The molecule has 0 radical (unpaired) electrons. The van der Waals surface area contributed by atoms with E-state index in [2.05, 4.69) is 48.1 Å². The van der Waals surface area contributed by atoms with Crippen molar-refractivity contribution in [3.8, 4) is 0 Å². The van der Waals surface area contributed by atoms with Gasteiger partial charge in [0.1, 0.15) is 0 Å². The molecule has 3 rings (SSSR count). The van der Waals surface area contributed by atoms with E-state index in [1.807, 2.05) is 26.0 Å². The fourth-order valence-corrected chi connectivity index (χ4v) is 5.26. The van der Waals surface area contributed by atoms with Crippen molar-refractivity contribution in [1.82, 2.24) is 0 Å². The Kier molecular flexibility index (Phi) is 8.11. The van der Waals surface area contributed by atoms with Crippen molar-refractivity contribution >= 4 is 17.9 Å². The first-order chi connectivity index (χ1) is 16.3. The summed E-state index contributed by atoms with van der Waals surface area (Å²) in [5.74, 6) is 0.333. The summed E-state index contributed by atoms with van der Waals surface area (Å²) < 4.78 is 0. The number of nitrogens with zero attached hydrogens (tertiary/aromatic N) is 2. The molecule has 2 atom stereocenters. The monoisotopic (exact) mass is 458 g/mol. The lowest BCUT2D eigenvalue weighted by Crippen LogP contribution is -2.40. The van der Waals surface area contributed by atoms with Crippen molar-refractivity contribution in [2.45, 2.75) is 70.9 Å². The van der Waals surface area contributed by atoms with E-state index < -0.39 is 5.41 Å². The molecule has 0 fully saturated rings. The van der Waals surface area contributed by atoms with Crippen LogP contribution in [-0.4, -0.2) is 24.4 Å². The zero-order chi connectivity index (χ0) is 24.9. The van der Waals surface area contributed by atoms with E-state index >= 15 is 0 Å².